The summed E-state index contributed by atoms with van der Waals surface area (Å²) < 4.78 is 0. The lowest BCUT2D eigenvalue weighted by Gasteiger charge is -1.92. The van der Waals surface area contributed by atoms with Crippen molar-refractivity contribution in [1.82, 2.24) is 5.32 Å². The van der Waals surface area contributed by atoms with Crippen molar-refractivity contribution in [2.24, 2.45) is 5.92 Å². The molecule has 1 heteroatoms. The van der Waals surface area contributed by atoms with E-state index in [0.29, 0.717) is 0 Å². The van der Waals surface area contributed by atoms with E-state index in [0.717, 1.165) is 18.0 Å². The SMILES string of the molecule is CCC1C2NC12. The van der Waals surface area contributed by atoms with Crippen LogP contribution in [0.1, 0.15) is 13.3 Å². The van der Waals surface area contributed by atoms with Crippen molar-refractivity contribution in [2.45, 2.75) is 25.4 Å². The highest BCUT2D eigenvalue weighted by Crippen LogP contribution is 2.46. The van der Waals surface area contributed by atoms with Crippen LogP contribution in [-0.2, 0) is 0 Å². The second-order valence-corrected chi connectivity index (χ2v) is 2.29. The van der Waals surface area contributed by atoms with Gasteiger partial charge in [0.2, 0.25) is 0 Å². The summed E-state index contributed by atoms with van der Waals surface area (Å²) in [5.74, 6) is 1.09. The first-order valence-electron chi connectivity index (χ1n) is 2.69. The van der Waals surface area contributed by atoms with E-state index in [4.69, 9.17) is 0 Å². The minimum Gasteiger partial charge on any atom is -0.307 e. The molecule has 0 aromatic rings. The molecule has 1 nitrogen and oxygen atoms in total. The molecule has 2 unspecified atom stereocenters. The third-order valence-electron chi connectivity index (χ3n) is 1.92. The second kappa shape index (κ2) is 0.648. The van der Waals surface area contributed by atoms with Crippen LogP contribution in [0.2, 0.25) is 0 Å². The summed E-state index contributed by atoms with van der Waals surface area (Å²) >= 11 is 0. The van der Waals surface area contributed by atoms with Crippen LogP contribution in [0, 0.1) is 5.92 Å². The van der Waals surface area contributed by atoms with Crippen molar-refractivity contribution in [1.29, 1.82) is 0 Å². The van der Waals surface area contributed by atoms with Gasteiger partial charge in [-0.2, -0.15) is 0 Å². The number of hydrogen-bond acceptors (Lipinski definition) is 1. The average Bonchev–Trinajstić information content (AvgIpc) is 2.12. The van der Waals surface area contributed by atoms with Crippen LogP contribution < -0.4 is 5.32 Å². The molecule has 1 aliphatic heterocycles. The maximum Gasteiger partial charge on any atom is 0.0271 e. The van der Waals surface area contributed by atoms with Gasteiger partial charge in [0, 0.05) is 12.1 Å². The molecule has 2 atom stereocenters. The molecular formula is C5H9N. The zero-order valence-electron chi connectivity index (χ0n) is 3.94. The van der Waals surface area contributed by atoms with E-state index < -0.39 is 0 Å². The summed E-state index contributed by atoms with van der Waals surface area (Å²) in [5, 5.41) is 3.30. The van der Waals surface area contributed by atoms with Gasteiger partial charge in [-0.25, -0.2) is 0 Å². The lowest BCUT2D eigenvalue weighted by Crippen LogP contribution is -2.05. The Morgan fingerprint density at radius 3 is 2.17 bits per heavy atom. The normalized spacial score (nSPS) is 60.5. The van der Waals surface area contributed by atoms with Gasteiger partial charge in [-0.1, -0.05) is 13.3 Å². The van der Waals surface area contributed by atoms with Gasteiger partial charge in [0.05, 0.1) is 0 Å². The largest absolute Gasteiger partial charge is 0.307 e. The Labute approximate surface area is 37.7 Å². The Balaban J connectivity index is 1.92. The van der Waals surface area contributed by atoms with Crippen molar-refractivity contribution in [2.75, 3.05) is 0 Å². The average molecular weight is 83.1 g/mol. The summed E-state index contributed by atoms with van der Waals surface area (Å²) in [4.78, 5) is 0. The smallest absolute Gasteiger partial charge is 0.0271 e. The van der Waals surface area contributed by atoms with Gasteiger partial charge in [-0.05, 0) is 5.92 Å². The zero-order chi connectivity index (χ0) is 4.15. The molecule has 2 fully saturated rings. The van der Waals surface area contributed by atoms with E-state index >= 15 is 0 Å². The topological polar surface area (TPSA) is 21.9 Å². The molecule has 2 aliphatic rings. The molecule has 6 heavy (non-hydrogen) atoms. The first-order valence-corrected chi connectivity index (χ1v) is 2.69. The summed E-state index contributed by atoms with van der Waals surface area (Å²) in [6.45, 7) is 2.26. The van der Waals surface area contributed by atoms with Gasteiger partial charge in [0.1, 0.15) is 0 Å². The van der Waals surface area contributed by atoms with Crippen LogP contribution in [0.5, 0.6) is 0 Å². The molecule has 2 rings (SSSR count). The van der Waals surface area contributed by atoms with Crippen molar-refractivity contribution in [3.8, 4) is 0 Å². The molecule has 0 aromatic heterocycles. The molecule has 1 heterocycles. The van der Waals surface area contributed by atoms with E-state index in [-0.39, 0.29) is 0 Å². The predicted molar refractivity (Wildman–Crippen MR) is 24.5 cm³/mol. The molecule has 34 valence electrons. The Hall–Kier alpha value is -0.0400. The molecule has 0 aromatic carbocycles. The van der Waals surface area contributed by atoms with Crippen molar-refractivity contribution in [3.05, 3.63) is 0 Å². The third kappa shape index (κ3) is 0.178. The first kappa shape index (κ1) is 3.03. The Morgan fingerprint density at radius 2 is 2.17 bits per heavy atom. The highest BCUT2D eigenvalue weighted by Gasteiger charge is 2.62. The molecule has 0 amide bonds. The van der Waals surface area contributed by atoms with E-state index in [1.165, 1.54) is 6.42 Å². The molecule has 0 radical (unpaired) electrons. The minimum absolute atomic E-state index is 0.981. The van der Waals surface area contributed by atoms with Gasteiger partial charge in [0.25, 0.3) is 0 Å². The second-order valence-electron chi connectivity index (χ2n) is 2.29. The highest BCUT2D eigenvalue weighted by molar-refractivity contribution is 5.23. The molecule has 0 bridgehead atoms. The molecule has 0 spiro atoms. The Morgan fingerprint density at radius 1 is 1.50 bits per heavy atom. The Kier molecular flexibility index (Phi) is 0.327. The van der Waals surface area contributed by atoms with Crippen molar-refractivity contribution in [3.63, 3.8) is 0 Å². The number of fused-ring (bicyclic) bond motifs is 1. The Bertz CT molecular complexity index is 72.0. The van der Waals surface area contributed by atoms with E-state index in [9.17, 15) is 0 Å². The summed E-state index contributed by atoms with van der Waals surface area (Å²) in [6.07, 6.45) is 1.39. The van der Waals surface area contributed by atoms with Crippen LogP contribution >= 0.6 is 0 Å². The monoisotopic (exact) mass is 83.1 g/mol. The number of rotatable bonds is 1. The molecule has 1 N–H and O–H groups in total. The number of hydrogen-bond donors (Lipinski definition) is 1. The van der Waals surface area contributed by atoms with E-state index in [2.05, 4.69) is 12.2 Å². The summed E-state index contributed by atoms with van der Waals surface area (Å²) in [6, 6.07) is 1.96. The summed E-state index contributed by atoms with van der Waals surface area (Å²) in [5.41, 5.74) is 0. The van der Waals surface area contributed by atoms with Gasteiger partial charge >= 0.3 is 0 Å². The fourth-order valence-corrected chi connectivity index (χ4v) is 1.18. The maximum atomic E-state index is 3.30. The van der Waals surface area contributed by atoms with Crippen molar-refractivity contribution < 1.29 is 0 Å². The van der Waals surface area contributed by atoms with Gasteiger partial charge in [-0.15, -0.1) is 0 Å². The quantitative estimate of drug-likeness (QED) is 0.454. The highest BCUT2D eigenvalue weighted by atomic mass is 15.3. The molecule has 1 saturated carbocycles. The van der Waals surface area contributed by atoms with E-state index in [1.807, 2.05) is 0 Å². The minimum atomic E-state index is 0.981. The fraction of sp³-hybridized carbons (Fsp3) is 1.00. The van der Waals surface area contributed by atoms with Crippen LogP contribution in [0.4, 0.5) is 0 Å². The molecule has 1 saturated heterocycles. The predicted octanol–water partition coefficient (Wildman–Crippen LogP) is 0.367. The molecular weight excluding hydrogens is 74.1 g/mol. The van der Waals surface area contributed by atoms with Gasteiger partial charge < -0.3 is 5.32 Å². The van der Waals surface area contributed by atoms with Gasteiger partial charge in [-0.3, -0.25) is 0 Å². The maximum absolute atomic E-state index is 3.30. The van der Waals surface area contributed by atoms with Crippen molar-refractivity contribution >= 4 is 0 Å². The first-order chi connectivity index (χ1) is 2.93. The van der Waals surface area contributed by atoms with Crippen LogP contribution in [0.25, 0.3) is 0 Å². The summed E-state index contributed by atoms with van der Waals surface area (Å²) in [7, 11) is 0. The lowest BCUT2D eigenvalue weighted by atomic mass is 10.3. The number of nitrogens with one attached hydrogen (secondary N) is 1. The zero-order valence-corrected chi connectivity index (χ0v) is 3.94. The van der Waals surface area contributed by atoms with Gasteiger partial charge in [0.15, 0.2) is 0 Å². The fourth-order valence-electron chi connectivity index (χ4n) is 1.18. The van der Waals surface area contributed by atoms with E-state index in [1.54, 1.807) is 0 Å². The third-order valence-corrected chi connectivity index (χ3v) is 1.92. The molecule has 1 aliphatic carbocycles. The lowest BCUT2D eigenvalue weighted by molar-refractivity contribution is 0.612. The standard InChI is InChI=1S/C5H9N/c1-2-3-4-5(3)6-4/h3-6H,2H2,1H3. The van der Waals surface area contributed by atoms with Crippen LogP contribution in [0.3, 0.4) is 0 Å². The van der Waals surface area contributed by atoms with Crippen LogP contribution in [-0.4, -0.2) is 12.1 Å². The van der Waals surface area contributed by atoms with Crippen LogP contribution in [0.15, 0.2) is 0 Å².